The van der Waals surface area contributed by atoms with Crippen LogP contribution in [0.3, 0.4) is 0 Å². The SMILES string of the molecule is O=C(O)[C@H]1CC[C@@H](C(=O)N2CCC3(CCc4ccccc43)CC2)C1. The summed E-state index contributed by atoms with van der Waals surface area (Å²) in [5.74, 6) is -0.946. The fourth-order valence-electron chi connectivity index (χ4n) is 5.13. The van der Waals surface area contributed by atoms with Crippen molar-refractivity contribution in [3.05, 3.63) is 35.4 Å². The Morgan fingerprint density at radius 1 is 1.04 bits per heavy atom. The molecule has 0 bridgehead atoms. The summed E-state index contributed by atoms with van der Waals surface area (Å²) >= 11 is 0. The summed E-state index contributed by atoms with van der Waals surface area (Å²) in [5.41, 5.74) is 3.26. The largest absolute Gasteiger partial charge is 0.481 e. The predicted molar refractivity (Wildman–Crippen MR) is 90.7 cm³/mol. The molecule has 0 aromatic heterocycles. The quantitative estimate of drug-likeness (QED) is 0.908. The van der Waals surface area contributed by atoms with Gasteiger partial charge < -0.3 is 10.0 Å². The number of amides is 1. The molecule has 24 heavy (non-hydrogen) atoms. The van der Waals surface area contributed by atoms with Gasteiger partial charge in [-0.2, -0.15) is 0 Å². The Morgan fingerprint density at radius 3 is 2.46 bits per heavy atom. The van der Waals surface area contributed by atoms with Crippen LogP contribution in [0.15, 0.2) is 24.3 Å². The van der Waals surface area contributed by atoms with Crippen LogP contribution < -0.4 is 0 Å². The van der Waals surface area contributed by atoms with Crippen molar-refractivity contribution in [1.29, 1.82) is 0 Å². The minimum Gasteiger partial charge on any atom is -0.481 e. The topological polar surface area (TPSA) is 57.6 Å². The van der Waals surface area contributed by atoms with Crippen LogP contribution in [0.5, 0.6) is 0 Å². The van der Waals surface area contributed by atoms with Crippen LogP contribution in [-0.2, 0) is 21.4 Å². The van der Waals surface area contributed by atoms with Crippen molar-refractivity contribution in [1.82, 2.24) is 4.90 Å². The third-order valence-electron chi connectivity index (χ3n) is 6.62. The summed E-state index contributed by atoms with van der Waals surface area (Å²) in [6.45, 7) is 1.64. The van der Waals surface area contributed by atoms with E-state index >= 15 is 0 Å². The number of benzene rings is 1. The van der Waals surface area contributed by atoms with Gasteiger partial charge >= 0.3 is 5.97 Å². The molecule has 3 aliphatic rings. The lowest BCUT2D eigenvalue weighted by Gasteiger charge is -2.41. The van der Waals surface area contributed by atoms with Crippen molar-refractivity contribution in [2.75, 3.05) is 13.1 Å². The molecule has 1 amide bonds. The van der Waals surface area contributed by atoms with E-state index in [1.165, 1.54) is 17.5 Å². The normalized spacial score (nSPS) is 28.1. The van der Waals surface area contributed by atoms with E-state index in [-0.39, 0.29) is 23.2 Å². The number of carboxylic acids is 1. The van der Waals surface area contributed by atoms with Crippen LogP contribution in [0.1, 0.15) is 49.7 Å². The third kappa shape index (κ3) is 2.52. The van der Waals surface area contributed by atoms with E-state index in [9.17, 15) is 9.59 Å². The molecule has 4 heteroatoms. The molecule has 2 fully saturated rings. The highest BCUT2D eigenvalue weighted by atomic mass is 16.4. The molecule has 1 aliphatic heterocycles. The zero-order chi connectivity index (χ0) is 16.7. The summed E-state index contributed by atoms with van der Waals surface area (Å²) < 4.78 is 0. The number of rotatable bonds is 2. The second-order valence-electron chi connectivity index (χ2n) is 7.81. The lowest BCUT2D eigenvalue weighted by molar-refractivity contribution is -0.141. The van der Waals surface area contributed by atoms with Crippen LogP contribution in [0.4, 0.5) is 0 Å². The van der Waals surface area contributed by atoms with Crippen LogP contribution in [0.2, 0.25) is 0 Å². The number of piperidine rings is 1. The second kappa shape index (κ2) is 5.91. The van der Waals surface area contributed by atoms with Gasteiger partial charge in [-0.05, 0) is 61.5 Å². The number of likely N-dealkylation sites (tertiary alicyclic amines) is 1. The Bertz CT molecular complexity index is 661. The standard InChI is InChI=1S/C20H25NO3/c22-18(15-5-6-16(13-15)19(23)24)21-11-9-20(10-12-21)8-7-14-3-1-2-4-17(14)20/h1-4,15-16H,5-13H2,(H,23,24)/t15-,16+/m1/s1. The number of hydrogen-bond acceptors (Lipinski definition) is 2. The summed E-state index contributed by atoms with van der Waals surface area (Å²) in [6.07, 6.45) is 6.37. The van der Waals surface area contributed by atoms with Gasteiger partial charge in [0, 0.05) is 19.0 Å². The average Bonchev–Trinajstić information content (AvgIpc) is 3.22. The van der Waals surface area contributed by atoms with Gasteiger partial charge in [0.15, 0.2) is 0 Å². The Kier molecular flexibility index (Phi) is 3.86. The first-order valence-corrected chi connectivity index (χ1v) is 9.19. The van der Waals surface area contributed by atoms with Crippen molar-refractivity contribution in [3.63, 3.8) is 0 Å². The van der Waals surface area contributed by atoms with Gasteiger partial charge in [-0.1, -0.05) is 24.3 Å². The Labute approximate surface area is 142 Å². The molecule has 1 aromatic rings. The Morgan fingerprint density at radius 2 is 1.75 bits per heavy atom. The number of aliphatic carboxylic acids is 1. The van der Waals surface area contributed by atoms with Crippen molar-refractivity contribution in [2.24, 2.45) is 11.8 Å². The van der Waals surface area contributed by atoms with E-state index in [4.69, 9.17) is 5.11 Å². The van der Waals surface area contributed by atoms with E-state index in [1.807, 2.05) is 4.90 Å². The fraction of sp³-hybridized carbons (Fsp3) is 0.600. The number of nitrogens with zero attached hydrogens (tertiary/aromatic N) is 1. The zero-order valence-electron chi connectivity index (χ0n) is 14.0. The highest BCUT2D eigenvalue weighted by Crippen LogP contribution is 2.46. The lowest BCUT2D eigenvalue weighted by atomic mass is 9.73. The summed E-state index contributed by atoms with van der Waals surface area (Å²) in [4.78, 5) is 25.9. The molecule has 2 atom stereocenters. The van der Waals surface area contributed by atoms with Crippen LogP contribution in [0, 0.1) is 11.8 Å². The molecule has 4 rings (SSSR count). The molecule has 1 saturated carbocycles. The van der Waals surface area contributed by atoms with Gasteiger partial charge in [0.05, 0.1) is 5.92 Å². The highest BCUT2D eigenvalue weighted by Gasteiger charge is 2.43. The first kappa shape index (κ1) is 15.7. The van der Waals surface area contributed by atoms with Crippen molar-refractivity contribution in [2.45, 2.75) is 50.4 Å². The molecule has 1 saturated heterocycles. The van der Waals surface area contributed by atoms with E-state index in [2.05, 4.69) is 24.3 Å². The maximum absolute atomic E-state index is 12.8. The Balaban J connectivity index is 1.40. The second-order valence-corrected chi connectivity index (χ2v) is 7.81. The van der Waals surface area contributed by atoms with Crippen molar-refractivity contribution < 1.29 is 14.7 Å². The van der Waals surface area contributed by atoms with E-state index in [0.717, 1.165) is 38.8 Å². The number of carbonyl (C=O) groups is 2. The average molecular weight is 327 g/mol. The monoisotopic (exact) mass is 327 g/mol. The van der Waals surface area contributed by atoms with Gasteiger partial charge in [0.2, 0.25) is 5.91 Å². The van der Waals surface area contributed by atoms with E-state index < -0.39 is 5.97 Å². The summed E-state index contributed by atoms with van der Waals surface area (Å²) in [5, 5.41) is 9.13. The minimum atomic E-state index is -0.745. The van der Waals surface area contributed by atoms with E-state index in [0.29, 0.717) is 12.8 Å². The van der Waals surface area contributed by atoms with E-state index in [1.54, 1.807) is 0 Å². The molecular formula is C20H25NO3. The summed E-state index contributed by atoms with van der Waals surface area (Å²) in [7, 11) is 0. The zero-order valence-corrected chi connectivity index (χ0v) is 14.0. The molecule has 0 unspecified atom stereocenters. The lowest BCUT2D eigenvalue weighted by Crippen LogP contribution is -2.46. The van der Waals surface area contributed by atoms with Gasteiger partial charge in [-0.3, -0.25) is 9.59 Å². The summed E-state index contributed by atoms with van der Waals surface area (Å²) in [6, 6.07) is 8.77. The van der Waals surface area contributed by atoms with Crippen LogP contribution >= 0.6 is 0 Å². The predicted octanol–water partition coefficient (Wildman–Crippen LogP) is 2.99. The molecule has 2 aliphatic carbocycles. The smallest absolute Gasteiger partial charge is 0.306 e. The molecule has 1 spiro atoms. The number of carbonyl (C=O) groups excluding carboxylic acids is 1. The number of fused-ring (bicyclic) bond motifs is 2. The van der Waals surface area contributed by atoms with Gasteiger partial charge in [-0.15, -0.1) is 0 Å². The van der Waals surface area contributed by atoms with Crippen LogP contribution in [0.25, 0.3) is 0 Å². The molecule has 1 heterocycles. The molecule has 1 N–H and O–H groups in total. The maximum atomic E-state index is 12.8. The fourth-order valence-corrected chi connectivity index (χ4v) is 5.13. The van der Waals surface area contributed by atoms with Gasteiger partial charge in [0.25, 0.3) is 0 Å². The molecule has 1 aromatic carbocycles. The first-order valence-electron chi connectivity index (χ1n) is 9.19. The Hall–Kier alpha value is -1.84. The maximum Gasteiger partial charge on any atom is 0.306 e. The van der Waals surface area contributed by atoms with Gasteiger partial charge in [-0.25, -0.2) is 0 Å². The third-order valence-corrected chi connectivity index (χ3v) is 6.62. The van der Waals surface area contributed by atoms with Crippen molar-refractivity contribution in [3.8, 4) is 0 Å². The first-order chi connectivity index (χ1) is 11.6. The highest BCUT2D eigenvalue weighted by molar-refractivity contribution is 5.81. The van der Waals surface area contributed by atoms with Crippen molar-refractivity contribution >= 4 is 11.9 Å². The molecule has 4 nitrogen and oxygen atoms in total. The number of carboxylic acid groups (broad SMARTS) is 1. The molecule has 0 radical (unpaired) electrons. The number of aryl methyl sites for hydroxylation is 1. The number of hydrogen-bond donors (Lipinski definition) is 1. The minimum absolute atomic E-state index is 0.0731. The van der Waals surface area contributed by atoms with Gasteiger partial charge in [0.1, 0.15) is 0 Å². The molecular weight excluding hydrogens is 302 g/mol. The van der Waals surface area contributed by atoms with Crippen LogP contribution in [-0.4, -0.2) is 35.0 Å². The molecule has 128 valence electrons.